The number of ether oxygens (including phenoxy) is 1. The van der Waals surface area contributed by atoms with Gasteiger partial charge in [0.15, 0.2) is 12.4 Å². The van der Waals surface area contributed by atoms with Gasteiger partial charge in [-0.3, -0.25) is 14.9 Å². The van der Waals surface area contributed by atoms with Crippen molar-refractivity contribution in [3.05, 3.63) is 60.1 Å². The summed E-state index contributed by atoms with van der Waals surface area (Å²) in [7, 11) is 1.34. The molecule has 0 saturated heterocycles. The molecule has 3 N–H and O–H groups in total. The first kappa shape index (κ1) is 19.7. The predicted molar refractivity (Wildman–Crippen MR) is 93.7 cm³/mol. The second kappa shape index (κ2) is 9.76. The Labute approximate surface area is 155 Å². The number of furan rings is 1. The molecule has 27 heavy (non-hydrogen) atoms. The first-order chi connectivity index (χ1) is 13.0. The number of carbonyl (C=O) groups excluding carboxylic acids is 4. The summed E-state index contributed by atoms with van der Waals surface area (Å²) >= 11 is 0. The van der Waals surface area contributed by atoms with E-state index in [-0.39, 0.29) is 12.2 Å². The van der Waals surface area contributed by atoms with E-state index >= 15 is 0 Å². The number of imide groups is 1. The molecule has 4 amide bonds. The minimum atomic E-state index is -1.04. The molecule has 142 valence electrons. The molecule has 0 bridgehead atoms. The van der Waals surface area contributed by atoms with E-state index in [9.17, 15) is 19.2 Å². The molecule has 9 nitrogen and oxygen atoms in total. The number of hydrogen-bond acceptors (Lipinski definition) is 6. The van der Waals surface area contributed by atoms with E-state index in [0.29, 0.717) is 0 Å². The maximum absolute atomic E-state index is 12.4. The lowest BCUT2D eigenvalue weighted by molar-refractivity contribution is -0.150. The van der Waals surface area contributed by atoms with Gasteiger partial charge in [0, 0.05) is 13.5 Å². The molecule has 0 radical (unpaired) electrons. The molecule has 1 aromatic carbocycles. The van der Waals surface area contributed by atoms with Crippen molar-refractivity contribution >= 4 is 23.8 Å². The second-order valence-electron chi connectivity index (χ2n) is 5.43. The standard InChI is InChI=1S/C18H19N3O6/c1-19-18(25)21-15(22)11-27-17(24)13(10-12-6-3-2-4-7-12)20-16(23)14-8-5-9-26-14/h2-9,13H,10-11H2,1H3,(H,20,23)(H2,19,21,22,25)/t13-/m0/s1. The van der Waals surface area contributed by atoms with Gasteiger partial charge in [0.2, 0.25) is 0 Å². The quantitative estimate of drug-likeness (QED) is 0.611. The summed E-state index contributed by atoms with van der Waals surface area (Å²) in [6.07, 6.45) is 1.49. The lowest BCUT2D eigenvalue weighted by Gasteiger charge is -2.17. The Morgan fingerprint density at radius 2 is 1.81 bits per heavy atom. The molecule has 1 aromatic heterocycles. The Kier molecular flexibility index (Phi) is 7.12. The van der Waals surface area contributed by atoms with Crippen LogP contribution in [0.5, 0.6) is 0 Å². The highest BCUT2D eigenvalue weighted by Crippen LogP contribution is 2.07. The van der Waals surface area contributed by atoms with Gasteiger partial charge in [0.25, 0.3) is 11.8 Å². The van der Waals surface area contributed by atoms with Crippen LogP contribution in [0.4, 0.5) is 4.79 Å². The molecule has 0 aliphatic heterocycles. The minimum Gasteiger partial charge on any atom is -0.459 e. The van der Waals surface area contributed by atoms with Gasteiger partial charge in [-0.05, 0) is 17.7 Å². The van der Waals surface area contributed by atoms with Crippen LogP contribution in [0.1, 0.15) is 16.1 Å². The van der Waals surface area contributed by atoms with Crippen molar-refractivity contribution in [3.8, 4) is 0 Å². The normalized spacial score (nSPS) is 11.1. The average molecular weight is 373 g/mol. The maximum atomic E-state index is 12.4. The van der Waals surface area contributed by atoms with Crippen LogP contribution in [0.25, 0.3) is 0 Å². The van der Waals surface area contributed by atoms with E-state index in [4.69, 9.17) is 9.15 Å². The number of nitrogens with one attached hydrogen (secondary N) is 3. The predicted octanol–water partition coefficient (Wildman–Crippen LogP) is 0.620. The van der Waals surface area contributed by atoms with Gasteiger partial charge in [-0.15, -0.1) is 0 Å². The summed E-state index contributed by atoms with van der Waals surface area (Å²) in [6.45, 7) is -0.659. The third-order valence-electron chi connectivity index (χ3n) is 3.44. The molecular formula is C18H19N3O6. The summed E-state index contributed by atoms with van der Waals surface area (Å²) in [5.41, 5.74) is 0.786. The fourth-order valence-corrected chi connectivity index (χ4v) is 2.14. The zero-order valence-electron chi connectivity index (χ0n) is 14.6. The van der Waals surface area contributed by atoms with Crippen LogP contribution < -0.4 is 16.0 Å². The Bertz CT molecular complexity index is 789. The summed E-state index contributed by atoms with van der Waals surface area (Å²) in [6, 6.07) is 10.2. The average Bonchev–Trinajstić information content (AvgIpc) is 3.21. The number of carbonyl (C=O) groups is 4. The SMILES string of the molecule is CNC(=O)NC(=O)COC(=O)[C@H](Cc1ccccc1)NC(=O)c1ccco1. The van der Waals surface area contributed by atoms with Crippen LogP contribution >= 0.6 is 0 Å². The van der Waals surface area contributed by atoms with E-state index in [2.05, 4.69) is 10.6 Å². The molecule has 2 aromatic rings. The molecule has 1 atom stereocenters. The van der Waals surface area contributed by atoms with Crippen molar-refractivity contribution in [2.45, 2.75) is 12.5 Å². The van der Waals surface area contributed by atoms with Crippen LogP contribution in [0, 0.1) is 0 Å². The van der Waals surface area contributed by atoms with Gasteiger partial charge in [0.05, 0.1) is 6.26 Å². The highest BCUT2D eigenvalue weighted by Gasteiger charge is 2.25. The van der Waals surface area contributed by atoms with Crippen LogP contribution in [-0.2, 0) is 20.7 Å². The van der Waals surface area contributed by atoms with E-state index in [1.807, 2.05) is 11.4 Å². The molecule has 0 unspecified atom stereocenters. The van der Waals surface area contributed by atoms with Gasteiger partial charge in [-0.25, -0.2) is 9.59 Å². The number of esters is 1. The van der Waals surface area contributed by atoms with Crippen molar-refractivity contribution in [1.29, 1.82) is 0 Å². The number of urea groups is 1. The van der Waals surface area contributed by atoms with Crippen molar-refractivity contribution in [2.75, 3.05) is 13.7 Å². The Hall–Kier alpha value is -3.62. The maximum Gasteiger partial charge on any atom is 0.329 e. The molecule has 1 heterocycles. The van der Waals surface area contributed by atoms with Crippen molar-refractivity contribution in [1.82, 2.24) is 16.0 Å². The summed E-state index contributed by atoms with van der Waals surface area (Å²) in [5, 5.41) is 6.70. The third-order valence-corrected chi connectivity index (χ3v) is 3.44. The molecule has 9 heteroatoms. The zero-order chi connectivity index (χ0) is 19.6. The van der Waals surface area contributed by atoms with Gasteiger partial charge >= 0.3 is 12.0 Å². The lowest BCUT2D eigenvalue weighted by atomic mass is 10.1. The van der Waals surface area contributed by atoms with Gasteiger partial charge in [-0.2, -0.15) is 0 Å². The van der Waals surface area contributed by atoms with Crippen LogP contribution in [0.15, 0.2) is 53.1 Å². The number of benzene rings is 1. The first-order valence-electron chi connectivity index (χ1n) is 8.06. The highest BCUT2D eigenvalue weighted by atomic mass is 16.5. The van der Waals surface area contributed by atoms with Crippen molar-refractivity contribution < 1.29 is 28.3 Å². The smallest absolute Gasteiger partial charge is 0.329 e. The van der Waals surface area contributed by atoms with Crippen LogP contribution in [0.3, 0.4) is 0 Å². The third kappa shape index (κ3) is 6.31. The minimum absolute atomic E-state index is 0.0400. The molecule has 2 rings (SSSR count). The Morgan fingerprint density at radius 1 is 1.07 bits per heavy atom. The van der Waals surface area contributed by atoms with E-state index < -0.39 is 36.5 Å². The van der Waals surface area contributed by atoms with Crippen LogP contribution in [-0.4, -0.2) is 43.5 Å². The van der Waals surface area contributed by atoms with Gasteiger partial charge < -0.3 is 19.8 Å². The topological polar surface area (TPSA) is 127 Å². The first-order valence-corrected chi connectivity index (χ1v) is 8.06. The van der Waals surface area contributed by atoms with Crippen molar-refractivity contribution in [3.63, 3.8) is 0 Å². The lowest BCUT2D eigenvalue weighted by Crippen LogP contribution is -2.45. The van der Waals surface area contributed by atoms with Crippen molar-refractivity contribution in [2.24, 2.45) is 0 Å². The molecule has 0 aliphatic carbocycles. The fourth-order valence-electron chi connectivity index (χ4n) is 2.14. The van der Waals surface area contributed by atoms with Gasteiger partial charge in [-0.1, -0.05) is 30.3 Å². The Balaban J connectivity index is 2.01. The number of hydrogen-bond donors (Lipinski definition) is 3. The molecule has 0 aliphatic rings. The van der Waals surface area contributed by atoms with Gasteiger partial charge in [0.1, 0.15) is 6.04 Å². The van der Waals surface area contributed by atoms with Crippen LogP contribution in [0.2, 0.25) is 0 Å². The summed E-state index contributed by atoms with van der Waals surface area (Å²) < 4.78 is 9.93. The number of rotatable bonds is 7. The monoisotopic (exact) mass is 373 g/mol. The fraction of sp³-hybridized carbons (Fsp3) is 0.222. The summed E-state index contributed by atoms with van der Waals surface area (Å²) in [5.74, 6) is -2.16. The summed E-state index contributed by atoms with van der Waals surface area (Å²) in [4.78, 5) is 47.2. The largest absolute Gasteiger partial charge is 0.459 e. The zero-order valence-corrected chi connectivity index (χ0v) is 14.6. The van der Waals surface area contributed by atoms with E-state index in [1.165, 1.54) is 19.4 Å². The molecule has 0 fully saturated rings. The Morgan fingerprint density at radius 3 is 2.44 bits per heavy atom. The molecule has 0 spiro atoms. The molecule has 0 saturated carbocycles. The highest BCUT2D eigenvalue weighted by molar-refractivity contribution is 5.97. The van der Waals surface area contributed by atoms with E-state index in [1.54, 1.807) is 30.3 Å². The second-order valence-corrected chi connectivity index (χ2v) is 5.43. The van der Waals surface area contributed by atoms with E-state index in [0.717, 1.165) is 5.56 Å². The number of amides is 4. The molecular weight excluding hydrogens is 354 g/mol.